The number of halogens is 1. The summed E-state index contributed by atoms with van der Waals surface area (Å²) in [5.41, 5.74) is 1.78. The number of hydrogen-bond donors (Lipinski definition) is 0. The molecule has 174 valence electrons. The van der Waals surface area contributed by atoms with Crippen molar-refractivity contribution in [1.82, 2.24) is 24.4 Å². The highest BCUT2D eigenvalue weighted by molar-refractivity contribution is 7.19. The van der Waals surface area contributed by atoms with Gasteiger partial charge in [-0.15, -0.1) is 0 Å². The second-order valence-electron chi connectivity index (χ2n) is 7.99. The average Bonchev–Trinajstić information content (AvgIpc) is 3.29. The third-order valence-electron chi connectivity index (χ3n) is 5.77. The van der Waals surface area contributed by atoms with E-state index in [1.807, 2.05) is 4.90 Å². The number of amides is 1. The Morgan fingerprint density at radius 1 is 1.06 bits per heavy atom. The number of carbonyl (C=O) groups is 1. The van der Waals surface area contributed by atoms with Crippen molar-refractivity contribution >= 4 is 22.2 Å². The van der Waals surface area contributed by atoms with Crippen molar-refractivity contribution in [2.24, 2.45) is 0 Å². The van der Waals surface area contributed by atoms with Gasteiger partial charge in [0.05, 0.1) is 12.8 Å². The molecule has 0 aliphatic carbocycles. The van der Waals surface area contributed by atoms with E-state index in [1.165, 1.54) is 34.1 Å². The molecular weight excluding hydrogens is 457 g/mol. The van der Waals surface area contributed by atoms with Crippen LogP contribution in [0.3, 0.4) is 0 Å². The number of benzene rings is 2. The summed E-state index contributed by atoms with van der Waals surface area (Å²) in [6.07, 6.45) is 0. The van der Waals surface area contributed by atoms with Gasteiger partial charge in [0, 0.05) is 49.9 Å². The van der Waals surface area contributed by atoms with Crippen LogP contribution in [0.25, 0.3) is 15.5 Å². The minimum atomic E-state index is -0.326. The van der Waals surface area contributed by atoms with Crippen molar-refractivity contribution in [3.8, 4) is 16.3 Å². The van der Waals surface area contributed by atoms with E-state index in [2.05, 4.69) is 15.0 Å². The molecule has 0 bridgehead atoms. The van der Waals surface area contributed by atoms with Crippen molar-refractivity contribution in [3.63, 3.8) is 0 Å². The highest BCUT2D eigenvalue weighted by Gasteiger charge is 2.23. The Bertz CT molecular complexity index is 1380. The summed E-state index contributed by atoms with van der Waals surface area (Å²) < 4.78 is 19.6. The molecular formula is C24H22FN5O3S. The molecule has 34 heavy (non-hydrogen) atoms. The van der Waals surface area contributed by atoms with Gasteiger partial charge >= 0.3 is 0 Å². The summed E-state index contributed by atoms with van der Waals surface area (Å²) in [7, 11) is 1.59. The molecule has 5 rings (SSSR count). The van der Waals surface area contributed by atoms with Gasteiger partial charge in [-0.1, -0.05) is 11.3 Å². The molecule has 2 aromatic heterocycles. The number of fused-ring (bicyclic) bond motifs is 1. The molecule has 2 aromatic carbocycles. The van der Waals surface area contributed by atoms with Gasteiger partial charge in [-0.2, -0.15) is 9.61 Å². The number of hydrogen-bond acceptors (Lipinski definition) is 7. The standard InChI is InChI=1S/C24H22FN5O3S/c1-33-20-8-4-17(5-9-20)23(32)29-12-10-28(11-13-29)15-19-14-21(31)30-24(26-19)34-22(27-30)16-2-6-18(25)7-3-16/h2-9,14H,10-13,15H2,1H3. The van der Waals surface area contributed by atoms with Crippen LogP contribution in [0.5, 0.6) is 5.75 Å². The van der Waals surface area contributed by atoms with Crippen LogP contribution < -0.4 is 10.3 Å². The van der Waals surface area contributed by atoms with Gasteiger partial charge in [-0.05, 0) is 48.5 Å². The lowest BCUT2D eigenvalue weighted by molar-refractivity contribution is 0.0627. The van der Waals surface area contributed by atoms with E-state index in [-0.39, 0.29) is 17.3 Å². The van der Waals surface area contributed by atoms with Crippen molar-refractivity contribution in [2.45, 2.75) is 6.54 Å². The molecule has 3 heterocycles. The normalized spacial score (nSPS) is 14.5. The summed E-state index contributed by atoms with van der Waals surface area (Å²) in [5, 5.41) is 4.95. The van der Waals surface area contributed by atoms with E-state index in [9.17, 15) is 14.0 Å². The van der Waals surface area contributed by atoms with E-state index in [0.29, 0.717) is 59.7 Å². The van der Waals surface area contributed by atoms with Gasteiger partial charge in [0.1, 0.15) is 16.6 Å². The molecule has 10 heteroatoms. The summed E-state index contributed by atoms with van der Waals surface area (Å²) in [6, 6.07) is 14.6. The maximum atomic E-state index is 13.2. The first kappa shape index (κ1) is 22.2. The Hall–Kier alpha value is -3.63. The molecule has 1 aliphatic heterocycles. The van der Waals surface area contributed by atoms with Gasteiger partial charge in [0.2, 0.25) is 4.96 Å². The predicted molar refractivity (Wildman–Crippen MR) is 127 cm³/mol. The minimum Gasteiger partial charge on any atom is -0.497 e. The Kier molecular flexibility index (Phi) is 6.08. The lowest BCUT2D eigenvalue weighted by Gasteiger charge is -2.34. The number of aromatic nitrogens is 3. The molecule has 0 unspecified atom stereocenters. The molecule has 1 aliphatic rings. The van der Waals surface area contributed by atoms with Crippen LogP contribution in [0.1, 0.15) is 16.1 Å². The first-order valence-electron chi connectivity index (χ1n) is 10.8. The molecule has 4 aromatic rings. The van der Waals surface area contributed by atoms with Crippen LogP contribution >= 0.6 is 11.3 Å². The molecule has 0 saturated carbocycles. The highest BCUT2D eigenvalue weighted by Crippen LogP contribution is 2.24. The summed E-state index contributed by atoms with van der Waals surface area (Å²) in [4.78, 5) is 34.5. The van der Waals surface area contributed by atoms with Crippen molar-refractivity contribution in [1.29, 1.82) is 0 Å². The van der Waals surface area contributed by atoms with Crippen molar-refractivity contribution < 1.29 is 13.9 Å². The van der Waals surface area contributed by atoms with E-state index < -0.39 is 0 Å². The maximum absolute atomic E-state index is 13.2. The Balaban J connectivity index is 1.25. The smallest absolute Gasteiger partial charge is 0.275 e. The summed E-state index contributed by atoms with van der Waals surface area (Å²) in [5.74, 6) is 0.388. The second-order valence-corrected chi connectivity index (χ2v) is 8.95. The van der Waals surface area contributed by atoms with Crippen LogP contribution in [0.15, 0.2) is 59.4 Å². The third kappa shape index (κ3) is 4.55. The number of rotatable bonds is 5. The van der Waals surface area contributed by atoms with E-state index in [1.54, 1.807) is 43.5 Å². The van der Waals surface area contributed by atoms with Gasteiger partial charge in [-0.25, -0.2) is 9.37 Å². The Morgan fingerprint density at radius 3 is 2.44 bits per heavy atom. The maximum Gasteiger partial charge on any atom is 0.275 e. The van der Waals surface area contributed by atoms with Crippen LogP contribution in [0.4, 0.5) is 4.39 Å². The molecule has 0 atom stereocenters. The first-order valence-corrected chi connectivity index (χ1v) is 11.6. The molecule has 1 amide bonds. The van der Waals surface area contributed by atoms with Gasteiger partial charge in [0.25, 0.3) is 11.5 Å². The number of nitrogens with zero attached hydrogens (tertiary/aromatic N) is 5. The summed E-state index contributed by atoms with van der Waals surface area (Å²) in [6.45, 7) is 3.09. The van der Waals surface area contributed by atoms with Crippen LogP contribution in [0.2, 0.25) is 0 Å². The number of methoxy groups -OCH3 is 1. The SMILES string of the molecule is COc1ccc(C(=O)N2CCN(Cc3cc(=O)n4nc(-c5ccc(F)cc5)sc4n3)CC2)cc1. The fourth-order valence-corrected chi connectivity index (χ4v) is 4.83. The monoisotopic (exact) mass is 479 g/mol. The fourth-order valence-electron chi connectivity index (χ4n) is 3.90. The number of carbonyl (C=O) groups excluding carboxylic acids is 1. The van der Waals surface area contributed by atoms with Gasteiger partial charge in [-0.3, -0.25) is 14.5 Å². The molecule has 0 radical (unpaired) electrons. The zero-order chi connectivity index (χ0) is 23.7. The zero-order valence-electron chi connectivity index (χ0n) is 18.5. The van der Waals surface area contributed by atoms with Crippen molar-refractivity contribution in [3.05, 3.63) is 82.0 Å². The van der Waals surface area contributed by atoms with Crippen molar-refractivity contribution in [2.75, 3.05) is 33.3 Å². The van der Waals surface area contributed by atoms with E-state index in [0.717, 1.165) is 5.56 Å². The number of ether oxygens (including phenoxy) is 1. The topological polar surface area (TPSA) is 80.0 Å². The molecule has 1 fully saturated rings. The zero-order valence-corrected chi connectivity index (χ0v) is 19.3. The number of piperazine rings is 1. The van der Waals surface area contributed by atoms with Crippen LogP contribution in [-0.4, -0.2) is 63.6 Å². The predicted octanol–water partition coefficient (Wildman–Crippen LogP) is 2.92. The highest BCUT2D eigenvalue weighted by atomic mass is 32.1. The lowest BCUT2D eigenvalue weighted by Crippen LogP contribution is -2.48. The average molecular weight is 480 g/mol. The Labute approximate surface area is 198 Å². The summed E-state index contributed by atoms with van der Waals surface area (Å²) >= 11 is 1.29. The quantitative estimate of drug-likeness (QED) is 0.438. The molecule has 0 N–H and O–H groups in total. The minimum absolute atomic E-state index is 0.00178. The van der Waals surface area contributed by atoms with E-state index >= 15 is 0 Å². The second kappa shape index (κ2) is 9.32. The van der Waals surface area contributed by atoms with E-state index in [4.69, 9.17) is 4.74 Å². The fraction of sp³-hybridized carbons (Fsp3) is 0.250. The van der Waals surface area contributed by atoms with Crippen LogP contribution in [0, 0.1) is 5.82 Å². The van der Waals surface area contributed by atoms with Gasteiger partial charge in [0.15, 0.2) is 0 Å². The molecule has 0 spiro atoms. The van der Waals surface area contributed by atoms with Crippen LogP contribution in [-0.2, 0) is 6.54 Å². The molecule has 8 nitrogen and oxygen atoms in total. The van der Waals surface area contributed by atoms with Gasteiger partial charge < -0.3 is 9.64 Å². The first-order chi connectivity index (χ1) is 16.5. The largest absolute Gasteiger partial charge is 0.497 e. The Morgan fingerprint density at radius 2 is 1.76 bits per heavy atom. The molecule has 1 saturated heterocycles. The lowest BCUT2D eigenvalue weighted by atomic mass is 10.1. The third-order valence-corrected chi connectivity index (χ3v) is 6.73.